The van der Waals surface area contributed by atoms with Crippen molar-refractivity contribution >= 4 is 35.6 Å². The molecular formula is C29H34N4O5. The number of hydrogen-bond donors (Lipinski definition) is 2. The normalized spacial score (nSPS) is 15.0. The van der Waals surface area contributed by atoms with E-state index < -0.39 is 17.7 Å². The van der Waals surface area contributed by atoms with Gasteiger partial charge in [-0.05, 0) is 82.0 Å². The summed E-state index contributed by atoms with van der Waals surface area (Å²) < 4.78 is 10.5. The van der Waals surface area contributed by atoms with Gasteiger partial charge in [-0.1, -0.05) is 18.2 Å². The highest BCUT2D eigenvalue weighted by Gasteiger charge is 2.22. The number of amidine groups is 1. The average Bonchev–Trinajstić information content (AvgIpc) is 3.34. The van der Waals surface area contributed by atoms with Crippen LogP contribution in [0, 0.1) is 0 Å². The second-order valence-electron chi connectivity index (χ2n) is 10.2. The Balaban J connectivity index is 1.59. The Morgan fingerprint density at radius 2 is 1.68 bits per heavy atom. The first-order valence-electron chi connectivity index (χ1n) is 12.9. The number of likely N-dealkylation sites (tertiary alicyclic amines) is 1. The van der Waals surface area contributed by atoms with Crippen molar-refractivity contribution in [2.45, 2.75) is 52.6 Å². The molecule has 0 bridgehead atoms. The highest BCUT2D eigenvalue weighted by molar-refractivity contribution is 6.04. The van der Waals surface area contributed by atoms with Gasteiger partial charge < -0.3 is 14.4 Å². The maximum atomic E-state index is 12.7. The Bertz CT molecular complexity index is 1270. The zero-order valence-electron chi connectivity index (χ0n) is 22.3. The number of esters is 1. The van der Waals surface area contributed by atoms with Gasteiger partial charge in [-0.15, -0.1) is 0 Å². The molecule has 4 rings (SSSR count). The molecule has 0 aliphatic carbocycles. The lowest BCUT2D eigenvalue weighted by Crippen LogP contribution is -2.44. The van der Waals surface area contributed by atoms with Gasteiger partial charge in [-0.25, -0.2) is 20.0 Å². The Morgan fingerprint density at radius 3 is 2.34 bits per heavy atom. The predicted molar refractivity (Wildman–Crippen MR) is 146 cm³/mol. The summed E-state index contributed by atoms with van der Waals surface area (Å²) in [7, 11) is 0. The van der Waals surface area contributed by atoms with Gasteiger partial charge in [0.15, 0.2) is 0 Å². The summed E-state index contributed by atoms with van der Waals surface area (Å²) in [6.07, 6.45) is 3.33. The number of carbonyl (C=O) groups is 3. The van der Waals surface area contributed by atoms with Crippen molar-refractivity contribution in [2.75, 3.05) is 19.7 Å². The Morgan fingerprint density at radius 1 is 1.00 bits per heavy atom. The molecule has 0 unspecified atom stereocenters. The van der Waals surface area contributed by atoms with Gasteiger partial charge in [0.25, 0.3) is 5.91 Å². The number of carbonyl (C=O) groups excluding carboxylic acids is 3. The van der Waals surface area contributed by atoms with Gasteiger partial charge in [0, 0.05) is 36.2 Å². The minimum Gasteiger partial charge on any atom is -0.463 e. The van der Waals surface area contributed by atoms with Crippen LogP contribution in [0.25, 0.3) is 17.2 Å². The molecule has 9 nitrogen and oxygen atoms in total. The molecule has 2 aromatic carbocycles. The first-order chi connectivity index (χ1) is 18.1. The summed E-state index contributed by atoms with van der Waals surface area (Å²) >= 11 is 0. The number of fused-ring (bicyclic) bond motifs is 1. The van der Waals surface area contributed by atoms with Crippen LogP contribution >= 0.6 is 0 Å². The van der Waals surface area contributed by atoms with E-state index in [1.165, 1.54) is 0 Å². The molecule has 0 atom stereocenters. The minimum atomic E-state index is -0.659. The zero-order valence-corrected chi connectivity index (χ0v) is 22.3. The minimum absolute atomic E-state index is 0.0624. The number of rotatable bonds is 4. The van der Waals surface area contributed by atoms with Crippen molar-refractivity contribution < 1.29 is 23.9 Å². The molecule has 0 aromatic heterocycles. The van der Waals surface area contributed by atoms with E-state index in [2.05, 4.69) is 15.8 Å². The van der Waals surface area contributed by atoms with Crippen LogP contribution in [-0.2, 0) is 14.3 Å². The van der Waals surface area contributed by atoms with E-state index in [4.69, 9.17) is 9.47 Å². The molecular weight excluding hydrogens is 484 g/mol. The fourth-order valence-corrected chi connectivity index (χ4v) is 4.32. The van der Waals surface area contributed by atoms with Crippen LogP contribution in [0.5, 0.6) is 0 Å². The molecule has 200 valence electrons. The van der Waals surface area contributed by atoms with Crippen molar-refractivity contribution in [3.05, 3.63) is 59.2 Å². The summed E-state index contributed by atoms with van der Waals surface area (Å²) in [4.78, 5) is 44.0. The largest absolute Gasteiger partial charge is 0.463 e. The summed E-state index contributed by atoms with van der Waals surface area (Å²) in [6, 6.07) is 13.3. The third-order valence-electron chi connectivity index (χ3n) is 6.07. The Hall–Kier alpha value is -4.14. The predicted octanol–water partition coefficient (Wildman–Crippen LogP) is 5.00. The molecule has 2 amide bonds. The summed E-state index contributed by atoms with van der Waals surface area (Å²) in [5, 5.41) is 0. The van der Waals surface area contributed by atoms with Crippen molar-refractivity contribution in [1.29, 1.82) is 0 Å². The fourth-order valence-electron chi connectivity index (χ4n) is 4.32. The van der Waals surface area contributed by atoms with Gasteiger partial charge in [-0.3, -0.25) is 10.2 Å². The van der Waals surface area contributed by atoms with Crippen LogP contribution < -0.4 is 10.9 Å². The van der Waals surface area contributed by atoms with E-state index in [1.54, 1.807) is 33.8 Å². The Labute approximate surface area is 222 Å². The number of ether oxygens (including phenoxy) is 2. The monoisotopic (exact) mass is 518 g/mol. The standard InChI is InChI=1S/C29H34N4O5/c1-5-37-27(35)23-17-22-16-21(19-8-10-20(11-9-19)26(34)33-14-6-7-15-33)12-13-24(22)30-25(18-23)31-32-28(36)38-29(2,3)4/h8-13,16-17H,5-7,14-15,18H2,1-4H3,(H,30,31)(H,32,36). The lowest BCUT2D eigenvalue weighted by Gasteiger charge is -2.20. The molecule has 2 aromatic rings. The summed E-state index contributed by atoms with van der Waals surface area (Å²) in [5.41, 5.74) is 8.89. The number of hydrazine groups is 1. The molecule has 2 N–H and O–H groups in total. The maximum absolute atomic E-state index is 12.7. The van der Waals surface area contributed by atoms with Gasteiger partial charge in [0.2, 0.25) is 0 Å². The van der Waals surface area contributed by atoms with Crippen LogP contribution in [0.2, 0.25) is 0 Å². The molecule has 0 saturated carbocycles. The number of nitrogens with zero attached hydrogens (tertiary/aromatic N) is 2. The van der Waals surface area contributed by atoms with E-state index >= 15 is 0 Å². The Kier molecular flexibility index (Phi) is 8.14. The zero-order chi connectivity index (χ0) is 27.3. The molecule has 2 heterocycles. The van der Waals surface area contributed by atoms with E-state index in [0.29, 0.717) is 22.7 Å². The number of hydrogen-bond acceptors (Lipinski definition) is 7. The van der Waals surface area contributed by atoms with Gasteiger partial charge >= 0.3 is 12.1 Å². The van der Waals surface area contributed by atoms with Crippen molar-refractivity contribution in [3.63, 3.8) is 0 Å². The van der Waals surface area contributed by atoms with Crippen molar-refractivity contribution in [1.82, 2.24) is 15.8 Å². The molecule has 1 saturated heterocycles. The quantitative estimate of drug-likeness (QED) is 0.436. The van der Waals surface area contributed by atoms with E-state index in [9.17, 15) is 14.4 Å². The van der Waals surface area contributed by atoms with Crippen LogP contribution in [0.4, 0.5) is 10.5 Å². The molecule has 1 fully saturated rings. The van der Waals surface area contributed by atoms with Gasteiger partial charge in [-0.2, -0.15) is 0 Å². The van der Waals surface area contributed by atoms with E-state index in [0.717, 1.165) is 42.6 Å². The molecule has 38 heavy (non-hydrogen) atoms. The second kappa shape index (κ2) is 11.5. The number of benzene rings is 2. The highest BCUT2D eigenvalue weighted by atomic mass is 16.6. The van der Waals surface area contributed by atoms with Crippen LogP contribution in [0.15, 0.2) is 53.0 Å². The number of amides is 2. The molecule has 0 spiro atoms. The van der Waals surface area contributed by atoms with Gasteiger partial charge in [0.1, 0.15) is 11.4 Å². The van der Waals surface area contributed by atoms with Crippen LogP contribution in [0.1, 0.15) is 62.9 Å². The smallest absolute Gasteiger partial charge is 0.426 e. The lowest BCUT2D eigenvalue weighted by molar-refractivity contribution is -0.138. The summed E-state index contributed by atoms with van der Waals surface area (Å²) in [6.45, 7) is 8.91. The maximum Gasteiger partial charge on any atom is 0.426 e. The van der Waals surface area contributed by atoms with Crippen molar-refractivity contribution in [3.8, 4) is 11.1 Å². The molecule has 2 aliphatic heterocycles. The van der Waals surface area contributed by atoms with Crippen LogP contribution in [-0.4, -0.2) is 54.0 Å². The molecule has 0 radical (unpaired) electrons. The van der Waals surface area contributed by atoms with E-state index in [-0.39, 0.29) is 18.9 Å². The fraction of sp³-hybridized carbons (Fsp3) is 0.379. The topological polar surface area (TPSA) is 109 Å². The third kappa shape index (κ3) is 6.79. The van der Waals surface area contributed by atoms with Crippen molar-refractivity contribution in [2.24, 2.45) is 4.99 Å². The highest BCUT2D eigenvalue weighted by Crippen LogP contribution is 2.32. The van der Waals surface area contributed by atoms with E-state index in [1.807, 2.05) is 47.4 Å². The third-order valence-corrected chi connectivity index (χ3v) is 6.07. The van der Waals surface area contributed by atoms with Gasteiger partial charge in [0.05, 0.1) is 12.3 Å². The molecule has 9 heteroatoms. The van der Waals surface area contributed by atoms with Crippen LogP contribution in [0.3, 0.4) is 0 Å². The number of aliphatic imine (C=N–C) groups is 1. The first kappa shape index (κ1) is 26.9. The first-order valence-corrected chi connectivity index (χ1v) is 12.9. The second-order valence-corrected chi connectivity index (χ2v) is 10.2. The number of nitrogens with one attached hydrogen (secondary N) is 2. The SMILES string of the molecule is CCOC(=O)C1=Cc2cc(-c3ccc(C(=O)N4CCCC4)cc3)ccc2N=C(NNC(=O)OC(C)(C)C)C1. The molecule has 2 aliphatic rings. The lowest BCUT2D eigenvalue weighted by atomic mass is 9.99. The average molecular weight is 519 g/mol. The summed E-state index contributed by atoms with van der Waals surface area (Å²) in [5.74, 6) is -0.0268.